The lowest BCUT2D eigenvalue weighted by molar-refractivity contribution is -0.177. The molecule has 10 heteroatoms. The Hall–Kier alpha value is -1.84. The lowest BCUT2D eigenvalue weighted by atomic mass is 10.0. The number of hydrogen-bond acceptors (Lipinski definition) is 4. The van der Waals surface area contributed by atoms with Crippen LogP contribution in [0.3, 0.4) is 0 Å². The number of alkyl halides is 3. The van der Waals surface area contributed by atoms with Crippen molar-refractivity contribution in [2.75, 3.05) is 19.6 Å². The number of likely N-dealkylation sites (tertiary alicyclic amines) is 1. The summed E-state index contributed by atoms with van der Waals surface area (Å²) in [5.41, 5.74) is 0.0545. The number of aliphatic hydroxyl groups is 1. The van der Waals surface area contributed by atoms with E-state index in [-0.39, 0.29) is 18.0 Å². The Bertz CT molecular complexity index is 925. The van der Waals surface area contributed by atoms with Crippen LogP contribution in [0.4, 0.5) is 13.2 Å². The van der Waals surface area contributed by atoms with E-state index in [1.807, 2.05) is 4.90 Å². The van der Waals surface area contributed by atoms with Crippen molar-refractivity contribution in [2.24, 2.45) is 0 Å². The van der Waals surface area contributed by atoms with Crippen LogP contribution >= 0.6 is 23.2 Å². The molecule has 0 spiro atoms. The normalized spacial score (nSPS) is 18.2. The Balaban J connectivity index is 1.82. The minimum Gasteiger partial charge on any atom is -0.392 e. The summed E-state index contributed by atoms with van der Waals surface area (Å²) in [4.78, 5) is 14.6. The van der Waals surface area contributed by atoms with Crippen LogP contribution in [0.15, 0.2) is 42.5 Å². The van der Waals surface area contributed by atoms with Crippen LogP contribution in [0.2, 0.25) is 10.0 Å². The van der Waals surface area contributed by atoms with Crippen molar-refractivity contribution >= 4 is 29.1 Å². The summed E-state index contributed by atoms with van der Waals surface area (Å²) in [6.07, 6.45) is -4.64. The molecule has 31 heavy (non-hydrogen) atoms. The molecule has 2 aromatic carbocycles. The molecule has 2 aromatic rings. The van der Waals surface area contributed by atoms with Gasteiger partial charge < -0.3 is 5.11 Å². The molecule has 3 rings (SSSR count). The van der Waals surface area contributed by atoms with Crippen molar-refractivity contribution in [3.8, 4) is 0 Å². The summed E-state index contributed by atoms with van der Waals surface area (Å²) in [5.74, 6) is -0.650. The van der Waals surface area contributed by atoms with Gasteiger partial charge in [0, 0.05) is 19.6 Å². The van der Waals surface area contributed by atoms with Gasteiger partial charge in [-0.3, -0.25) is 14.9 Å². The van der Waals surface area contributed by atoms with Crippen LogP contribution in [0, 0.1) is 0 Å². The summed E-state index contributed by atoms with van der Waals surface area (Å²) >= 11 is 11.9. The molecule has 0 aromatic heterocycles. The number of carbonyl (C=O) groups excluding carboxylic acids is 1. The van der Waals surface area contributed by atoms with Crippen LogP contribution in [0.5, 0.6) is 0 Å². The highest BCUT2D eigenvalue weighted by atomic mass is 35.5. The van der Waals surface area contributed by atoms with Crippen LogP contribution < -0.4 is 0 Å². The van der Waals surface area contributed by atoms with Crippen LogP contribution in [-0.2, 0) is 17.4 Å². The molecule has 0 aliphatic carbocycles. The van der Waals surface area contributed by atoms with Gasteiger partial charge in [0.05, 0.1) is 34.2 Å². The van der Waals surface area contributed by atoms with Gasteiger partial charge in [-0.1, -0.05) is 41.4 Å². The van der Waals surface area contributed by atoms with Crippen LogP contribution in [0.25, 0.3) is 0 Å². The number of β-amino-alcohol motifs (C(OH)–C–C–N with tert-alkyl or cyclic N) is 1. The topological polar surface area (TPSA) is 64.0 Å². The monoisotopic (exact) mass is 476 g/mol. The average Bonchev–Trinajstić information content (AvgIpc) is 3.12. The molecule has 1 heterocycles. The van der Waals surface area contributed by atoms with Crippen molar-refractivity contribution in [1.82, 2.24) is 9.96 Å². The Kier molecular flexibility index (Phi) is 7.49. The lowest BCUT2D eigenvalue weighted by Gasteiger charge is -2.30. The first-order chi connectivity index (χ1) is 14.5. The highest BCUT2D eigenvalue weighted by Gasteiger charge is 2.32. The number of nitrogens with zero attached hydrogens (tertiary/aromatic N) is 2. The number of hydroxylamine groups is 2. The van der Waals surface area contributed by atoms with Gasteiger partial charge in [0.1, 0.15) is 0 Å². The maximum atomic E-state index is 12.9. The summed E-state index contributed by atoms with van der Waals surface area (Å²) < 4.78 is 38.7. The number of carbonyl (C=O) groups is 1. The van der Waals surface area contributed by atoms with Gasteiger partial charge in [-0.2, -0.15) is 13.2 Å². The zero-order chi connectivity index (χ0) is 22.8. The molecule has 1 fully saturated rings. The molecule has 0 bridgehead atoms. The maximum Gasteiger partial charge on any atom is 0.416 e. The van der Waals surface area contributed by atoms with E-state index in [4.69, 9.17) is 23.2 Å². The second kappa shape index (κ2) is 9.75. The van der Waals surface area contributed by atoms with Crippen molar-refractivity contribution in [1.29, 1.82) is 0 Å². The van der Waals surface area contributed by atoms with Gasteiger partial charge in [-0.25, -0.2) is 5.06 Å². The van der Waals surface area contributed by atoms with Crippen molar-refractivity contribution in [2.45, 2.75) is 31.2 Å². The first-order valence-electron chi connectivity index (χ1n) is 9.57. The van der Waals surface area contributed by atoms with Crippen molar-refractivity contribution < 1.29 is 28.3 Å². The predicted molar refractivity (Wildman–Crippen MR) is 110 cm³/mol. The van der Waals surface area contributed by atoms with E-state index in [2.05, 4.69) is 0 Å². The first-order valence-corrected chi connectivity index (χ1v) is 10.3. The second-order valence-corrected chi connectivity index (χ2v) is 8.32. The van der Waals surface area contributed by atoms with E-state index in [1.165, 1.54) is 24.3 Å². The van der Waals surface area contributed by atoms with E-state index in [9.17, 15) is 28.3 Å². The van der Waals surface area contributed by atoms with E-state index < -0.39 is 29.8 Å². The van der Waals surface area contributed by atoms with E-state index >= 15 is 0 Å². The molecule has 2 unspecified atom stereocenters. The Morgan fingerprint density at radius 2 is 1.84 bits per heavy atom. The number of benzene rings is 2. The largest absolute Gasteiger partial charge is 0.416 e. The third-order valence-electron chi connectivity index (χ3n) is 5.19. The molecule has 2 atom stereocenters. The highest BCUT2D eigenvalue weighted by molar-refractivity contribution is 6.42. The highest BCUT2D eigenvalue weighted by Crippen LogP contribution is 2.31. The summed E-state index contributed by atoms with van der Waals surface area (Å²) in [6.45, 7) is 1.06. The molecule has 1 aliphatic heterocycles. The van der Waals surface area contributed by atoms with Gasteiger partial charge >= 0.3 is 6.18 Å². The van der Waals surface area contributed by atoms with E-state index in [0.29, 0.717) is 40.7 Å². The molecule has 1 aliphatic rings. The minimum atomic E-state index is -4.49. The van der Waals surface area contributed by atoms with Crippen molar-refractivity contribution in [3.05, 3.63) is 69.2 Å². The molecule has 0 radical (unpaired) electrons. The molecule has 1 saturated heterocycles. The third kappa shape index (κ3) is 6.11. The summed E-state index contributed by atoms with van der Waals surface area (Å²) in [5, 5.41) is 21.6. The van der Waals surface area contributed by atoms with E-state index in [0.717, 1.165) is 12.1 Å². The number of halogens is 5. The summed E-state index contributed by atoms with van der Waals surface area (Å²) in [6, 6.07) is 8.06. The van der Waals surface area contributed by atoms with Crippen molar-refractivity contribution in [3.63, 3.8) is 0 Å². The SMILES string of the molecule is O=C(Cc1ccc(Cl)c(Cl)c1)N(O)C(CN1CCC(O)C1)c1ccc(C(F)(F)F)cc1. The number of hydrogen-bond donors (Lipinski definition) is 2. The predicted octanol–water partition coefficient (Wildman–Crippen LogP) is 4.58. The Morgan fingerprint density at radius 1 is 1.16 bits per heavy atom. The molecule has 0 saturated carbocycles. The standard InChI is InChI=1S/C21H21Cl2F3N2O3/c22-17-6-1-13(9-18(17)23)10-20(30)28(31)19(12-27-8-7-16(29)11-27)14-2-4-15(5-3-14)21(24,25)26/h1-6,9,16,19,29,31H,7-8,10-12H2. The maximum absolute atomic E-state index is 12.9. The molecule has 2 N–H and O–H groups in total. The van der Waals surface area contributed by atoms with E-state index in [1.54, 1.807) is 6.07 Å². The first kappa shape index (κ1) is 23.8. The molecular formula is C21H21Cl2F3N2O3. The molecular weight excluding hydrogens is 456 g/mol. The fourth-order valence-electron chi connectivity index (χ4n) is 3.52. The smallest absolute Gasteiger partial charge is 0.392 e. The molecule has 1 amide bonds. The number of amides is 1. The van der Waals surface area contributed by atoms with Crippen LogP contribution in [0.1, 0.15) is 29.2 Å². The zero-order valence-electron chi connectivity index (χ0n) is 16.3. The van der Waals surface area contributed by atoms with Gasteiger partial charge in [0.25, 0.3) is 5.91 Å². The molecule has 168 valence electrons. The van der Waals surface area contributed by atoms with Gasteiger partial charge in [-0.15, -0.1) is 0 Å². The van der Waals surface area contributed by atoms with Gasteiger partial charge in [0.2, 0.25) is 0 Å². The Morgan fingerprint density at radius 3 is 2.39 bits per heavy atom. The number of aliphatic hydroxyl groups excluding tert-OH is 1. The quantitative estimate of drug-likeness (QED) is 0.473. The second-order valence-electron chi connectivity index (χ2n) is 7.50. The Labute approximate surface area is 187 Å². The fraction of sp³-hybridized carbons (Fsp3) is 0.381. The van der Waals surface area contributed by atoms with Gasteiger partial charge in [-0.05, 0) is 41.8 Å². The van der Waals surface area contributed by atoms with Gasteiger partial charge in [0.15, 0.2) is 0 Å². The summed E-state index contributed by atoms with van der Waals surface area (Å²) in [7, 11) is 0. The number of rotatable bonds is 6. The van der Waals surface area contributed by atoms with Crippen LogP contribution in [-0.4, -0.2) is 51.9 Å². The fourth-order valence-corrected chi connectivity index (χ4v) is 3.84. The average molecular weight is 477 g/mol. The zero-order valence-corrected chi connectivity index (χ0v) is 17.8. The third-order valence-corrected chi connectivity index (χ3v) is 5.93. The molecule has 5 nitrogen and oxygen atoms in total. The minimum absolute atomic E-state index is 0.159. The lowest BCUT2D eigenvalue weighted by Crippen LogP contribution is -2.40.